The van der Waals surface area contributed by atoms with Gasteiger partial charge in [0.15, 0.2) is 0 Å². The van der Waals surface area contributed by atoms with E-state index in [1.54, 1.807) is 48.5 Å². The molecule has 0 unspecified atom stereocenters. The normalized spacial score (nSPS) is 10.3. The number of nitrogens with one attached hydrogen (secondary N) is 3. The number of halogens is 1. The van der Waals surface area contributed by atoms with E-state index in [4.69, 9.17) is 0 Å². The molecule has 0 aliphatic carbocycles. The number of rotatable bonds is 5. The van der Waals surface area contributed by atoms with Gasteiger partial charge in [0.05, 0.1) is 5.69 Å². The van der Waals surface area contributed by atoms with Crippen molar-refractivity contribution in [3.05, 3.63) is 66.1 Å². The molecule has 0 aliphatic heterocycles. The standard InChI is InChI=1S/C19H18FN5O/c1-12-11-18(24-17-6-4-3-5-16(17)20)25-19(21-12)23-15-9-7-14(8-10-15)22-13(2)26/h3-11H,1-2H3,(H,22,26)(H2,21,23,24,25). The van der Waals surface area contributed by atoms with Crippen LogP contribution in [-0.4, -0.2) is 15.9 Å². The Morgan fingerprint density at radius 1 is 0.962 bits per heavy atom. The molecule has 0 atom stereocenters. The molecule has 6 nitrogen and oxygen atoms in total. The topological polar surface area (TPSA) is 78.9 Å². The van der Waals surface area contributed by atoms with Gasteiger partial charge in [-0.05, 0) is 43.3 Å². The summed E-state index contributed by atoms with van der Waals surface area (Å²) in [6.45, 7) is 3.29. The van der Waals surface area contributed by atoms with Gasteiger partial charge < -0.3 is 16.0 Å². The summed E-state index contributed by atoms with van der Waals surface area (Å²) < 4.78 is 13.8. The molecule has 0 saturated carbocycles. The lowest BCUT2D eigenvalue weighted by atomic mass is 10.3. The predicted octanol–water partition coefficient (Wildman–Crippen LogP) is 4.37. The van der Waals surface area contributed by atoms with Crippen molar-refractivity contribution in [3.63, 3.8) is 0 Å². The average molecular weight is 351 g/mol. The van der Waals surface area contributed by atoms with Crippen molar-refractivity contribution in [1.82, 2.24) is 9.97 Å². The molecule has 3 rings (SSSR count). The van der Waals surface area contributed by atoms with Crippen LogP contribution in [0.1, 0.15) is 12.6 Å². The van der Waals surface area contributed by atoms with E-state index < -0.39 is 0 Å². The Labute approximate surface area is 150 Å². The lowest BCUT2D eigenvalue weighted by molar-refractivity contribution is -0.114. The van der Waals surface area contributed by atoms with Crippen molar-refractivity contribution in [2.45, 2.75) is 13.8 Å². The molecule has 0 bridgehead atoms. The van der Waals surface area contributed by atoms with Crippen LogP contribution in [0.25, 0.3) is 0 Å². The van der Waals surface area contributed by atoms with Crippen molar-refractivity contribution in [3.8, 4) is 0 Å². The van der Waals surface area contributed by atoms with Crippen molar-refractivity contribution < 1.29 is 9.18 Å². The fourth-order valence-corrected chi connectivity index (χ4v) is 2.36. The third-order valence-electron chi connectivity index (χ3n) is 3.45. The first-order valence-electron chi connectivity index (χ1n) is 8.01. The van der Waals surface area contributed by atoms with E-state index in [9.17, 15) is 9.18 Å². The van der Waals surface area contributed by atoms with E-state index >= 15 is 0 Å². The molecule has 7 heteroatoms. The van der Waals surface area contributed by atoms with Crippen LogP contribution in [-0.2, 0) is 4.79 Å². The minimum absolute atomic E-state index is 0.128. The molecule has 1 amide bonds. The Morgan fingerprint density at radius 2 is 1.65 bits per heavy atom. The van der Waals surface area contributed by atoms with Gasteiger partial charge in [-0.3, -0.25) is 4.79 Å². The summed E-state index contributed by atoms with van der Waals surface area (Å²) in [6, 6.07) is 15.3. The van der Waals surface area contributed by atoms with E-state index in [1.807, 2.05) is 6.92 Å². The van der Waals surface area contributed by atoms with Crippen molar-refractivity contribution >= 4 is 34.7 Å². The monoisotopic (exact) mass is 351 g/mol. The number of hydrogen-bond donors (Lipinski definition) is 3. The molecular formula is C19H18FN5O. The Kier molecular flexibility index (Phi) is 5.07. The average Bonchev–Trinajstić information content (AvgIpc) is 2.58. The van der Waals surface area contributed by atoms with Gasteiger partial charge in [-0.1, -0.05) is 12.1 Å². The van der Waals surface area contributed by atoms with Crippen molar-refractivity contribution in [2.24, 2.45) is 0 Å². The van der Waals surface area contributed by atoms with E-state index in [1.165, 1.54) is 13.0 Å². The van der Waals surface area contributed by atoms with Gasteiger partial charge in [-0.2, -0.15) is 4.98 Å². The molecule has 0 spiro atoms. The van der Waals surface area contributed by atoms with Crippen LogP contribution in [0.4, 0.5) is 33.2 Å². The second-order valence-corrected chi connectivity index (χ2v) is 5.71. The fourth-order valence-electron chi connectivity index (χ4n) is 2.36. The largest absolute Gasteiger partial charge is 0.338 e. The van der Waals surface area contributed by atoms with Crippen LogP contribution in [0.3, 0.4) is 0 Å². The summed E-state index contributed by atoms with van der Waals surface area (Å²) in [4.78, 5) is 19.8. The zero-order chi connectivity index (χ0) is 18.5. The molecule has 1 aromatic heterocycles. The van der Waals surface area contributed by atoms with Gasteiger partial charge in [0.25, 0.3) is 0 Å². The van der Waals surface area contributed by atoms with E-state index in [0.717, 1.165) is 11.4 Å². The lowest BCUT2D eigenvalue weighted by Crippen LogP contribution is -2.06. The highest BCUT2D eigenvalue weighted by atomic mass is 19.1. The molecule has 3 aromatic rings. The number of aromatic nitrogens is 2. The fraction of sp³-hybridized carbons (Fsp3) is 0.105. The summed E-state index contributed by atoms with van der Waals surface area (Å²) in [5.41, 5.74) is 2.55. The Bertz CT molecular complexity index is 927. The smallest absolute Gasteiger partial charge is 0.229 e. The van der Waals surface area contributed by atoms with Crippen LogP contribution in [0.5, 0.6) is 0 Å². The van der Waals surface area contributed by atoms with Gasteiger partial charge >= 0.3 is 0 Å². The molecule has 0 saturated heterocycles. The van der Waals surface area contributed by atoms with Crippen LogP contribution < -0.4 is 16.0 Å². The van der Waals surface area contributed by atoms with Gasteiger partial charge in [0.2, 0.25) is 11.9 Å². The molecule has 1 heterocycles. The number of carbonyl (C=O) groups is 1. The summed E-state index contributed by atoms with van der Waals surface area (Å²) in [5.74, 6) is 0.388. The zero-order valence-corrected chi connectivity index (χ0v) is 14.4. The molecular weight excluding hydrogens is 333 g/mol. The van der Waals surface area contributed by atoms with Gasteiger partial charge in [0.1, 0.15) is 11.6 Å². The second kappa shape index (κ2) is 7.60. The highest BCUT2D eigenvalue weighted by Crippen LogP contribution is 2.21. The maximum absolute atomic E-state index is 13.8. The lowest BCUT2D eigenvalue weighted by Gasteiger charge is -2.11. The minimum atomic E-state index is -0.355. The molecule has 2 aromatic carbocycles. The third kappa shape index (κ3) is 4.54. The Morgan fingerprint density at radius 3 is 2.35 bits per heavy atom. The van der Waals surface area contributed by atoms with E-state index in [0.29, 0.717) is 23.1 Å². The van der Waals surface area contributed by atoms with E-state index in [2.05, 4.69) is 25.9 Å². The predicted molar refractivity (Wildman–Crippen MR) is 100 cm³/mol. The first-order valence-corrected chi connectivity index (χ1v) is 8.01. The number of benzene rings is 2. The highest BCUT2D eigenvalue weighted by Gasteiger charge is 2.06. The Balaban J connectivity index is 1.77. The third-order valence-corrected chi connectivity index (χ3v) is 3.45. The van der Waals surface area contributed by atoms with Crippen molar-refractivity contribution in [1.29, 1.82) is 0 Å². The molecule has 0 radical (unpaired) electrons. The maximum Gasteiger partial charge on any atom is 0.229 e. The quantitative estimate of drug-likeness (QED) is 0.636. The van der Waals surface area contributed by atoms with Crippen molar-refractivity contribution in [2.75, 3.05) is 16.0 Å². The molecule has 132 valence electrons. The Hall–Kier alpha value is -3.48. The summed E-state index contributed by atoms with van der Waals surface area (Å²) in [6.07, 6.45) is 0. The summed E-state index contributed by atoms with van der Waals surface area (Å²) in [5, 5.41) is 8.76. The van der Waals surface area contributed by atoms with E-state index in [-0.39, 0.29) is 11.7 Å². The summed E-state index contributed by atoms with van der Waals surface area (Å²) >= 11 is 0. The van der Waals surface area contributed by atoms with Gasteiger partial charge in [0, 0.05) is 30.1 Å². The minimum Gasteiger partial charge on any atom is -0.338 e. The molecule has 3 N–H and O–H groups in total. The van der Waals surface area contributed by atoms with Crippen LogP contribution >= 0.6 is 0 Å². The first kappa shape index (κ1) is 17.3. The number of amides is 1. The number of carbonyl (C=O) groups excluding carboxylic acids is 1. The van der Waals surface area contributed by atoms with Gasteiger partial charge in [-0.25, -0.2) is 9.37 Å². The number of anilines is 5. The SMILES string of the molecule is CC(=O)Nc1ccc(Nc2nc(C)cc(Nc3ccccc3F)n2)cc1. The van der Waals surface area contributed by atoms with Gasteiger partial charge in [-0.15, -0.1) is 0 Å². The van der Waals surface area contributed by atoms with Crippen LogP contribution in [0.2, 0.25) is 0 Å². The van der Waals surface area contributed by atoms with Crippen LogP contribution in [0.15, 0.2) is 54.6 Å². The first-order chi connectivity index (χ1) is 12.5. The summed E-state index contributed by atoms with van der Waals surface area (Å²) in [7, 11) is 0. The van der Waals surface area contributed by atoms with Crippen LogP contribution in [0, 0.1) is 12.7 Å². The zero-order valence-electron chi connectivity index (χ0n) is 14.4. The molecule has 0 fully saturated rings. The molecule has 26 heavy (non-hydrogen) atoms. The number of nitrogens with zero attached hydrogens (tertiary/aromatic N) is 2. The number of aryl methyl sites for hydroxylation is 1. The maximum atomic E-state index is 13.8. The highest BCUT2D eigenvalue weighted by molar-refractivity contribution is 5.88. The number of para-hydroxylation sites is 1. The number of hydrogen-bond acceptors (Lipinski definition) is 5. The molecule has 0 aliphatic rings. The second-order valence-electron chi connectivity index (χ2n) is 5.71.